The number of nitrogens with zero attached hydrogens (tertiary/aromatic N) is 3. The Hall–Kier alpha value is -2.64. The number of amides is 1. The van der Waals surface area contributed by atoms with E-state index < -0.39 is 11.9 Å². The summed E-state index contributed by atoms with van der Waals surface area (Å²) < 4.78 is 7.09. The fourth-order valence-corrected chi connectivity index (χ4v) is 2.67. The highest BCUT2D eigenvalue weighted by atomic mass is 16.4. The molecule has 0 unspecified atom stereocenters. The Labute approximate surface area is 132 Å². The normalized spacial score (nSPS) is 14.1. The minimum absolute atomic E-state index is 0.0116. The smallest absolute Gasteiger partial charge is 0.338 e. The largest absolute Gasteiger partial charge is 0.478 e. The van der Waals surface area contributed by atoms with Crippen LogP contribution in [-0.4, -0.2) is 38.3 Å². The van der Waals surface area contributed by atoms with Crippen molar-refractivity contribution in [2.24, 2.45) is 0 Å². The van der Waals surface area contributed by atoms with Gasteiger partial charge in [0, 0.05) is 32.0 Å². The molecule has 0 atom stereocenters. The minimum atomic E-state index is -1.13. The van der Waals surface area contributed by atoms with E-state index in [9.17, 15) is 9.59 Å². The molecule has 0 aliphatic carbocycles. The zero-order valence-corrected chi connectivity index (χ0v) is 12.6. The quantitative estimate of drug-likeness (QED) is 0.859. The third-order valence-corrected chi connectivity index (χ3v) is 3.89. The van der Waals surface area contributed by atoms with Gasteiger partial charge in [-0.2, -0.15) is 0 Å². The number of carbonyl (C=O) groups is 2. The molecule has 0 aromatic carbocycles. The van der Waals surface area contributed by atoms with Crippen LogP contribution in [0.4, 0.5) is 0 Å². The van der Waals surface area contributed by atoms with Gasteiger partial charge in [-0.05, 0) is 12.8 Å². The van der Waals surface area contributed by atoms with Gasteiger partial charge in [0.15, 0.2) is 5.76 Å². The minimum Gasteiger partial charge on any atom is -0.478 e. The van der Waals surface area contributed by atoms with E-state index in [1.54, 1.807) is 0 Å². The molecular formula is C15H18N4O4. The van der Waals surface area contributed by atoms with Gasteiger partial charge in [0.25, 0.3) is 5.91 Å². The van der Waals surface area contributed by atoms with Crippen LogP contribution in [0.5, 0.6) is 0 Å². The van der Waals surface area contributed by atoms with E-state index >= 15 is 0 Å². The molecule has 0 radical (unpaired) electrons. The van der Waals surface area contributed by atoms with Crippen LogP contribution in [0.25, 0.3) is 0 Å². The maximum atomic E-state index is 11.9. The van der Waals surface area contributed by atoms with Crippen molar-refractivity contribution in [1.82, 2.24) is 20.1 Å². The van der Waals surface area contributed by atoms with Gasteiger partial charge in [-0.15, -0.1) is 10.2 Å². The van der Waals surface area contributed by atoms with E-state index in [1.165, 1.54) is 12.5 Å². The SMILES string of the molecule is O=C(O)c1coc(C(=O)NCCc2nnc3n2CCCCC3)c1. The number of fused-ring (bicyclic) bond motifs is 1. The van der Waals surface area contributed by atoms with Gasteiger partial charge in [0.05, 0.1) is 5.56 Å². The maximum absolute atomic E-state index is 11.9. The highest BCUT2D eigenvalue weighted by Gasteiger charge is 2.16. The van der Waals surface area contributed by atoms with Crippen LogP contribution < -0.4 is 5.32 Å². The van der Waals surface area contributed by atoms with E-state index in [1.807, 2.05) is 0 Å². The lowest BCUT2D eigenvalue weighted by Crippen LogP contribution is -2.26. The molecule has 8 nitrogen and oxygen atoms in total. The number of hydrogen-bond acceptors (Lipinski definition) is 5. The number of furan rings is 1. The molecule has 3 rings (SSSR count). The summed E-state index contributed by atoms with van der Waals surface area (Å²) in [6.07, 6.45) is 6.03. The number of nitrogens with one attached hydrogen (secondary N) is 1. The van der Waals surface area contributed by atoms with Gasteiger partial charge in [0.1, 0.15) is 17.9 Å². The molecule has 2 N–H and O–H groups in total. The van der Waals surface area contributed by atoms with Crippen LogP contribution in [0.3, 0.4) is 0 Å². The third kappa shape index (κ3) is 3.41. The van der Waals surface area contributed by atoms with Crippen molar-refractivity contribution in [2.75, 3.05) is 6.54 Å². The Morgan fingerprint density at radius 3 is 2.96 bits per heavy atom. The molecule has 0 saturated carbocycles. The second-order valence-corrected chi connectivity index (χ2v) is 5.51. The van der Waals surface area contributed by atoms with Crippen molar-refractivity contribution < 1.29 is 19.1 Å². The molecule has 23 heavy (non-hydrogen) atoms. The number of aryl methyl sites for hydroxylation is 1. The van der Waals surface area contributed by atoms with E-state index in [0.717, 1.165) is 43.7 Å². The average Bonchev–Trinajstić information content (AvgIpc) is 3.10. The third-order valence-electron chi connectivity index (χ3n) is 3.89. The summed E-state index contributed by atoms with van der Waals surface area (Å²) in [6.45, 7) is 1.31. The summed E-state index contributed by atoms with van der Waals surface area (Å²) >= 11 is 0. The molecule has 0 bridgehead atoms. The van der Waals surface area contributed by atoms with Crippen LogP contribution in [0.15, 0.2) is 16.7 Å². The first-order chi connectivity index (χ1) is 11.1. The average molecular weight is 318 g/mol. The molecule has 122 valence electrons. The van der Waals surface area contributed by atoms with Crippen molar-refractivity contribution >= 4 is 11.9 Å². The molecule has 1 aliphatic heterocycles. The molecule has 0 fully saturated rings. The first-order valence-electron chi connectivity index (χ1n) is 7.66. The predicted molar refractivity (Wildman–Crippen MR) is 79.3 cm³/mol. The van der Waals surface area contributed by atoms with Gasteiger partial charge >= 0.3 is 5.97 Å². The Balaban J connectivity index is 1.56. The summed E-state index contributed by atoms with van der Waals surface area (Å²) in [7, 11) is 0. The molecule has 8 heteroatoms. The van der Waals surface area contributed by atoms with Gasteiger partial charge < -0.3 is 19.4 Å². The van der Waals surface area contributed by atoms with Gasteiger partial charge in [0.2, 0.25) is 0 Å². The monoisotopic (exact) mass is 318 g/mol. The number of carbonyl (C=O) groups excluding carboxylic acids is 1. The van der Waals surface area contributed by atoms with Gasteiger partial charge in [-0.3, -0.25) is 4.79 Å². The zero-order chi connectivity index (χ0) is 16.2. The fraction of sp³-hybridized carbons (Fsp3) is 0.467. The van der Waals surface area contributed by atoms with E-state index in [4.69, 9.17) is 9.52 Å². The summed E-state index contributed by atoms with van der Waals surface area (Å²) in [4.78, 5) is 22.7. The van der Waals surface area contributed by atoms with Gasteiger partial charge in [-0.1, -0.05) is 6.42 Å². The Morgan fingerprint density at radius 2 is 2.17 bits per heavy atom. The van der Waals surface area contributed by atoms with Crippen molar-refractivity contribution in [3.8, 4) is 0 Å². The lowest BCUT2D eigenvalue weighted by molar-refractivity contribution is 0.0696. The lowest BCUT2D eigenvalue weighted by Gasteiger charge is -2.07. The van der Waals surface area contributed by atoms with E-state index in [0.29, 0.717) is 13.0 Å². The Bertz CT molecular complexity index is 719. The number of aromatic nitrogens is 3. The number of carboxylic acids is 1. The number of aromatic carboxylic acids is 1. The topological polar surface area (TPSA) is 110 Å². The van der Waals surface area contributed by atoms with E-state index in [2.05, 4.69) is 20.1 Å². The predicted octanol–water partition coefficient (Wildman–Crippen LogP) is 1.27. The number of carboxylic acid groups (broad SMARTS) is 1. The molecule has 1 aliphatic rings. The fourth-order valence-electron chi connectivity index (χ4n) is 2.67. The molecule has 3 heterocycles. The van der Waals surface area contributed by atoms with Crippen molar-refractivity contribution in [1.29, 1.82) is 0 Å². The van der Waals surface area contributed by atoms with Crippen molar-refractivity contribution in [2.45, 2.75) is 38.6 Å². The molecule has 2 aromatic rings. The standard InChI is InChI=1S/C15H18N4O4/c20-14(11-8-10(9-23-11)15(21)22)16-6-5-13-18-17-12-4-2-1-3-7-19(12)13/h8-9H,1-7H2,(H,16,20)(H,21,22). The van der Waals surface area contributed by atoms with Gasteiger partial charge in [-0.25, -0.2) is 4.79 Å². The van der Waals surface area contributed by atoms with E-state index in [-0.39, 0.29) is 11.3 Å². The molecule has 1 amide bonds. The molecule has 2 aromatic heterocycles. The first kappa shape index (κ1) is 15.3. The Morgan fingerprint density at radius 1 is 1.30 bits per heavy atom. The zero-order valence-electron chi connectivity index (χ0n) is 12.6. The maximum Gasteiger partial charge on any atom is 0.338 e. The van der Waals surface area contributed by atoms with Crippen molar-refractivity contribution in [3.63, 3.8) is 0 Å². The second kappa shape index (κ2) is 6.64. The molecule has 0 spiro atoms. The number of hydrogen-bond donors (Lipinski definition) is 2. The molecule has 0 saturated heterocycles. The second-order valence-electron chi connectivity index (χ2n) is 5.51. The number of rotatable bonds is 5. The molecular weight excluding hydrogens is 300 g/mol. The summed E-state index contributed by atoms with van der Waals surface area (Å²) in [6, 6.07) is 1.21. The first-order valence-corrected chi connectivity index (χ1v) is 7.66. The summed E-state index contributed by atoms with van der Waals surface area (Å²) in [5, 5.41) is 19.9. The Kier molecular flexibility index (Phi) is 4.40. The van der Waals surface area contributed by atoms with Crippen LogP contribution >= 0.6 is 0 Å². The van der Waals surface area contributed by atoms with Crippen molar-refractivity contribution in [3.05, 3.63) is 35.3 Å². The highest BCUT2D eigenvalue weighted by Crippen LogP contribution is 2.14. The lowest BCUT2D eigenvalue weighted by atomic mass is 10.2. The van der Waals surface area contributed by atoms with Crippen LogP contribution in [0.2, 0.25) is 0 Å². The van der Waals surface area contributed by atoms with Crippen LogP contribution in [0, 0.1) is 0 Å². The highest BCUT2D eigenvalue weighted by molar-refractivity contribution is 5.95. The van der Waals surface area contributed by atoms with Crippen LogP contribution in [-0.2, 0) is 19.4 Å². The summed E-state index contributed by atoms with van der Waals surface area (Å²) in [5.74, 6) is 0.309. The summed E-state index contributed by atoms with van der Waals surface area (Å²) in [5.41, 5.74) is -0.0436. The van der Waals surface area contributed by atoms with Crippen LogP contribution in [0.1, 0.15) is 51.8 Å².